The van der Waals surface area contributed by atoms with E-state index in [-0.39, 0.29) is 24.0 Å². The van der Waals surface area contributed by atoms with Crippen LogP contribution in [0, 0.1) is 5.92 Å². The van der Waals surface area contributed by atoms with Crippen LogP contribution in [0.2, 0.25) is 0 Å². The first-order valence-corrected chi connectivity index (χ1v) is 7.86. The molecule has 1 aliphatic rings. The fourth-order valence-electron chi connectivity index (χ4n) is 2.69. The van der Waals surface area contributed by atoms with Gasteiger partial charge in [-0.05, 0) is 44.7 Å². The van der Waals surface area contributed by atoms with Gasteiger partial charge in [0.1, 0.15) is 0 Å². The van der Waals surface area contributed by atoms with Crippen LogP contribution in [0.5, 0.6) is 0 Å². The molecule has 1 saturated heterocycles. The van der Waals surface area contributed by atoms with Crippen molar-refractivity contribution in [2.75, 3.05) is 33.2 Å². The van der Waals surface area contributed by atoms with Gasteiger partial charge in [0, 0.05) is 26.2 Å². The molecule has 0 amide bonds. The number of likely N-dealkylation sites (N-methyl/N-ethyl adjacent to an activating group) is 1. The molecule has 1 unspecified atom stereocenters. The van der Waals surface area contributed by atoms with E-state index in [1.54, 1.807) is 0 Å². The fourth-order valence-corrected chi connectivity index (χ4v) is 2.69. The highest BCUT2D eigenvalue weighted by molar-refractivity contribution is 14.0. The summed E-state index contributed by atoms with van der Waals surface area (Å²) in [5.74, 6) is 1.74. The lowest BCUT2D eigenvalue weighted by molar-refractivity contribution is 0.267. The molecule has 5 heteroatoms. The maximum Gasteiger partial charge on any atom is 0.191 e. The third-order valence-corrected chi connectivity index (χ3v) is 3.88. The van der Waals surface area contributed by atoms with E-state index in [9.17, 15) is 0 Å². The van der Waals surface area contributed by atoms with Gasteiger partial charge in [-0.1, -0.05) is 20.8 Å². The van der Waals surface area contributed by atoms with Crippen LogP contribution in [-0.2, 0) is 0 Å². The summed E-state index contributed by atoms with van der Waals surface area (Å²) < 4.78 is 0. The molecule has 120 valence electrons. The van der Waals surface area contributed by atoms with Gasteiger partial charge < -0.3 is 10.6 Å². The highest BCUT2D eigenvalue weighted by atomic mass is 127. The van der Waals surface area contributed by atoms with E-state index < -0.39 is 0 Å². The molecule has 1 heterocycles. The third kappa shape index (κ3) is 7.67. The molecule has 4 nitrogen and oxygen atoms in total. The molecule has 0 aromatic carbocycles. The fraction of sp³-hybridized carbons (Fsp3) is 0.933. The minimum atomic E-state index is 0. The summed E-state index contributed by atoms with van der Waals surface area (Å²) in [6.45, 7) is 11.2. The Morgan fingerprint density at radius 3 is 2.70 bits per heavy atom. The second kappa shape index (κ2) is 11.6. The Morgan fingerprint density at radius 1 is 1.35 bits per heavy atom. The number of guanidine groups is 1. The van der Waals surface area contributed by atoms with E-state index in [0.717, 1.165) is 31.5 Å². The molecule has 2 N–H and O–H groups in total. The largest absolute Gasteiger partial charge is 0.356 e. The van der Waals surface area contributed by atoms with Gasteiger partial charge in [-0.15, -0.1) is 24.0 Å². The highest BCUT2D eigenvalue weighted by Crippen LogP contribution is 2.15. The first-order chi connectivity index (χ1) is 9.17. The minimum Gasteiger partial charge on any atom is -0.356 e. The van der Waals surface area contributed by atoms with Crippen molar-refractivity contribution in [2.45, 2.75) is 52.5 Å². The van der Waals surface area contributed by atoms with Gasteiger partial charge in [-0.25, -0.2) is 0 Å². The Kier molecular flexibility index (Phi) is 11.6. The van der Waals surface area contributed by atoms with Gasteiger partial charge in [-0.2, -0.15) is 0 Å². The molecular formula is C15H33IN4. The molecule has 1 fully saturated rings. The molecule has 1 rings (SSSR count). The number of likely N-dealkylation sites (tertiary alicyclic amines) is 1. The van der Waals surface area contributed by atoms with E-state index in [0.29, 0.717) is 6.04 Å². The Bertz CT molecular complexity index is 269. The smallest absolute Gasteiger partial charge is 0.191 e. The monoisotopic (exact) mass is 396 g/mol. The summed E-state index contributed by atoms with van der Waals surface area (Å²) in [5, 5.41) is 6.86. The van der Waals surface area contributed by atoms with E-state index in [4.69, 9.17) is 0 Å². The first kappa shape index (κ1) is 20.0. The number of nitrogens with zero attached hydrogens (tertiary/aromatic N) is 2. The van der Waals surface area contributed by atoms with E-state index in [1.807, 2.05) is 7.05 Å². The summed E-state index contributed by atoms with van der Waals surface area (Å²) in [7, 11) is 1.85. The van der Waals surface area contributed by atoms with Crippen molar-refractivity contribution in [3.8, 4) is 0 Å². The van der Waals surface area contributed by atoms with Crippen LogP contribution in [0.25, 0.3) is 0 Å². The molecule has 20 heavy (non-hydrogen) atoms. The maximum absolute atomic E-state index is 4.29. The van der Waals surface area contributed by atoms with Gasteiger partial charge in [0.15, 0.2) is 5.96 Å². The van der Waals surface area contributed by atoms with Crippen molar-refractivity contribution < 1.29 is 0 Å². The van der Waals surface area contributed by atoms with Crippen molar-refractivity contribution in [1.82, 2.24) is 15.5 Å². The molecule has 0 saturated carbocycles. The van der Waals surface area contributed by atoms with Gasteiger partial charge in [0.05, 0.1) is 0 Å². The van der Waals surface area contributed by atoms with Crippen molar-refractivity contribution in [2.24, 2.45) is 10.9 Å². The zero-order valence-corrected chi connectivity index (χ0v) is 15.9. The number of aliphatic imine (C=N–C) groups is 1. The number of hydrogen-bond acceptors (Lipinski definition) is 2. The molecule has 0 spiro atoms. The molecule has 0 bridgehead atoms. The molecule has 0 aromatic rings. The lowest BCUT2D eigenvalue weighted by Gasteiger charge is -2.24. The number of rotatable bonds is 7. The van der Waals surface area contributed by atoms with Crippen LogP contribution in [0.1, 0.15) is 46.5 Å². The van der Waals surface area contributed by atoms with Crippen LogP contribution >= 0.6 is 24.0 Å². The molecule has 0 radical (unpaired) electrons. The molecule has 1 atom stereocenters. The second-order valence-electron chi connectivity index (χ2n) is 5.84. The predicted octanol–water partition coefficient (Wildman–Crippen LogP) is 2.69. The summed E-state index contributed by atoms with van der Waals surface area (Å²) >= 11 is 0. The number of nitrogens with one attached hydrogen (secondary N) is 2. The van der Waals surface area contributed by atoms with Crippen LogP contribution < -0.4 is 10.6 Å². The minimum absolute atomic E-state index is 0. The number of halogens is 1. The zero-order valence-electron chi connectivity index (χ0n) is 13.6. The van der Waals surface area contributed by atoms with E-state index in [2.05, 4.69) is 41.3 Å². The Hall–Kier alpha value is -0.0400. The zero-order chi connectivity index (χ0) is 14.1. The Balaban J connectivity index is 0.00000361. The molecule has 0 aromatic heterocycles. The summed E-state index contributed by atoms with van der Waals surface area (Å²) in [6, 6.07) is 0.680. The average molecular weight is 396 g/mol. The van der Waals surface area contributed by atoms with Crippen LogP contribution in [0.4, 0.5) is 0 Å². The van der Waals surface area contributed by atoms with Gasteiger partial charge in [-0.3, -0.25) is 9.89 Å². The van der Waals surface area contributed by atoms with Crippen LogP contribution in [-0.4, -0.2) is 50.1 Å². The van der Waals surface area contributed by atoms with Gasteiger partial charge in [0.25, 0.3) is 0 Å². The Labute approximate surface area is 142 Å². The van der Waals surface area contributed by atoms with Crippen molar-refractivity contribution in [1.29, 1.82) is 0 Å². The number of hydrogen-bond donors (Lipinski definition) is 2. The lowest BCUT2D eigenvalue weighted by atomic mass is 10.1. The first-order valence-electron chi connectivity index (χ1n) is 7.86. The third-order valence-electron chi connectivity index (χ3n) is 3.88. The lowest BCUT2D eigenvalue weighted by Crippen LogP contribution is -2.45. The topological polar surface area (TPSA) is 39.7 Å². The van der Waals surface area contributed by atoms with E-state index >= 15 is 0 Å². The van der Waals surface area contributed by atoms with Gasteiger partial charge >= 0.3 is 0 Å². The summed E-state index contributed by atoms with van der Waals surface area (Å²) in [6.07, 6.45) is 5.13. The predicted molar refractivity (Wildman–Crippen MR) is 99.1 cm³/mol. The van der Waals surface area contributed by atoms with E-state index in [1.165, 1.54) is 32.2 Å². The molecule has 1 aliphatic heterocycles. The standard InChI is InChI=1S/C15H32N4.HI/c1-5-19-11-7-9-14(19)12-18-15(16-4)17-10-6-8-13(2)3;/h13-14H,5-12H2,1-4H3,(H2,16,17,18);1H. The van der Waals surface area contributed by atoms with Crippen LogP contribution in [0.3, 0.4) is 0 Å². The van der Waals surface area contributed by atoms with Crippen molar-refractivity contribution in [3.63, 3.8) is 0 Å². The highest BCUT2D eigenvalue weighted by Gasteiger charge is 2.22. The second-order valence-corrected chi connectivity index (χ2v) is 5.84. The maximum atomic E-state index is 4.29. The van der Waals surface area contributed by atoms with Crippen molar-refractivity contribution in [3.05, 3.63) is 0 Å². The normalized spacial score (nSPS) is 20.1. The van der Waals surface area contributed by atoms with Crippen LogP contribution in [0.15, 0.2) is 4.99 Å². The molecule has 0 aliphatic carbocycles. The quantitative estimate of drug-likeness (QED) is 0.301. The summed E-state index contributed by atoms with van der Waals surface area (Å²) in [4.78, 5) is 6.85. The average Bonchev–Trinajstić information content (AvgIpc) is 2.85. The Morgan fingerprint density at radius 2 is 2.10 bits per heavy atom. The SMILES string of the molecule is CCN1CCCC1CNC(=NC)NCCCC(C)C.I. The van der Waals surface area contributed by atoms with Gasteiger partial charge in [0.2, 0.25) is 0 Å². The van der Waals surface area contributed by atoms with Crippen molar-refractivity contribution >= 4 is 29.9 Å². The molecular weight excluding hydrogens is 363 g/mol. The summed E-state index contributed by atoms with van der Waals surface area (Å²) in [5.41, 5.74) is 0.